The van der Waals surface area contributed by atoms with Crippen LogP contribution in [0.5, 0.6) is 0 Å². The number of nitro benzene ring substituents is 1. The smallest absolute Gasteiger partial charge is 0.292 e. The van der Waals surface area contributed by atoms with E-state index in [9.17, 15) is 15.3 Å². The third-order valence-corrected chi connectivity index (χ3v) is 2.03. The number of nitrogens with one attached hydrogen (secondary N) is 1. The lowest BCUT2D eigenvalue weighted by Crippen LogP contribution is -2.27. The third kappa shape index (κ3) is 1.14. The van der Waals surface area contributed by atoms with Gasteiger partial charge in [0.2, 0.25) is 5.52 Å². The number of rotatable bonds is 1. The number of hydrogen-bond donors (Lipinski definition) is 1. The summed E-state index contributed by atoms with van der Waals surface area (Å²) in [6, 6.07) is 2.37. The van der Waals surface area contributed by atoms with Crippen LogP contribution in [0.25, 0.3) is 11.0 Å². The number of fused-ring (bicyclic) bond motifs is 1. The number of hydrogen-bond acceptors (Lipinski definition) is 4. The van der Waals surface area contributed by atoms with E-state index in [1.54, 1.807) is 0 Å². The fourth-order valence-electron chi connectivity index (χ4n) is 1.09. The number of aromatic amines is 1. The standard InChI is InChI=1S/C6H3ClN4O3/c7-3-1-4-6(10(12)9-8-4)2-5(3)11(13)14/h1-2,8H. The molecule has 0 amide bonds. The van der Waals surface area contributed by atoms with Gasteiger partial charge in [-0.1, -0.05) is 11.6 Å². The molecule has 0 spiro atoms. The van der Waals surface area contributed by atoms with Crippen LogP contribution in [0, 0.1) is 15.3 Å². The summed E-state index contributed by atoms with van der Waals surface area (Å²) in [6.07, 6.45) is 0. The number of aromatic nitrogens is 3. The first-order valence-corrected chi connectivity index (χ1v) is 3.89. The lowest BCUT2D eigenvalue weighted by atomic mass is 10.3. The predicted octanol–water partition coefficient (Wildman–Crippen LogP) is 0.758. The Balaban J connectivity index is 2.80. The lowest BCUT2D eigenvalue weighted by molar-refractivity contribution is -0.644. The Labute approximate surface area is 81.6 Å². The first kappa shape index (κ1) is 8.70. The van der Waals surface area contributed by atoms with Crippen molar-refractivity contribution in [2.75, 3.05) is 0 Å². The molecular weight excluding hydrogens is 212 g/mol. The van der Waals surface area contributed by atoms with Crippen LogP contribution < -0.4 is 4.85 Å². The van der Waals surface area contributed by atoms with Gasteiger partial charge in [0.05, 0.1) is 16.2 Å². The van der Waals surface area contributed by atoms with Gasteiger partial charge < -0.3 is 5.21 Å². The lowest BCUT2D eigenvalue weighted by Gasteiger charge is -1.94. The van der Waals surface area contributed by atoms with Gasteiger partial charge in [0.15, 0.2) is 5.52 Å². The van der Waals surface area contributed by atoms with Gasteiger partial charge in [-0.3, -0.25) is 10.1 Å². The van der Waals surface area contributed by atoms with Crippen LogP contribution in [0.15, 0.2) is 12.1 Å². The maximum atomic E-state index is 11.0. The molecule has 1 heterocycles. The van der Waals surface area contributed by atoms with Crippen LogP contribution in [-0.2, 0) is 0 Å². The van der Waals surface area contributed by atoms with E-state index in [-0.39, 0.29) is 21.1 Å². The van der Waals surface area contributed by atoms with Crippen LogP contribution >= 0.6 is 11.6 Å². The molecule has 2 rings (SSSR count). The van der Waals surface area contributed by atoms with Gasteiger partial charge in [-0.15, -0.1) is 9.94 Å². The van der Waals surface area contributed by atoms with Gasteiger partial charge in [0.1, 0.15) is 5.02 Å². The number of H-pyrrole nitrogens is 1. The molecule has 0 unspecified atom stereocenters. The molecule has 0 aliphatic heterocycles. The molecule has 0 aliphatic rings. The van der Waals surface area contributed by atoms with E-state index in [0.717, 1.165) is 6.07 Å². The van der Waals surface area contributed by atoms with Gasteiger partial charge >= 0.3 is 0 Å². The van der Waals surface area contributed by atoms with Crippen LogP contribution in [-0.4, -0.2) is 15.2 Å². The Kier molecular flexibility index (Phi) is 1.74. The van der Waals surface area contributed by atoms with E-state index in [1.807, 2.05) is 0 Å². The zero-order chi connectivity index (χ0) is 10.3. The van der Waals surface area contributed by atoms with Crippen LogP contribution in [0.2, 0.25) is 5.02 Å². The third-order valence-electron chi connectivity index (χ3n) is 1.73. The summed E-state index contributed by atoms with van der Waals surface area (Å²) in [4.78, 5) is 10.1. The van der Waals surface area contributed by atoms with Crippen molar-refractivity contribution in [3.8, 4) is 0 Å². The SMILES string of the molecule is O=[N+]([O-])c1cc2c(cc1Cl)[nH]n[n+]2[O-]. The Hall–Kier alpha value is -1.89. The first-order chi connectivity index (χ1) is 6.59. The van der Waals surface area contributed by atoms with Crippen molar-refractivity contribution in [2.45, 2.75) is 0 Å². The van der Waals surface area contributed by atoms with Crippen molar-refractivity contribution in [3.05, 3.63) is 32.5 Å². The molecule has 2 aromatic rings. The molecule has 1 aromatic carbocycles. The monoisotopic (exact) mass is 214 g/mol. The Morgan fingerprint density at radius 2 is 2.29 bits per heavy atom. The minimum atomic E-state index is -0.658. The highest BCUT2D eigenvalue weighted by Gasteiger charge is 2.18. The molecule has 0 saturated carbocycles. The Morgan fingerprint density at radius 3 is 2.93 bits per heavy atom. The van der Waals surface area contributed by atoms with Crippen LogP contribution in [0.4, 0.5) is 5.69 Å². The molecule has 0 radical (unpaired) electrons. The Bertz CT molecular complexity index is 523. The highest BCUT2D eigenvalue weighted by Crippen LogP contribution is 2.26. The second-order valence-electron chi connectivity index (χ2n) is 2.56. The van der Waals surface area contributed by atoms with Gasteiger partial charge in [0, 0.05) is 6.07 Å². The second-order valence-corrected chi connectivity index (χ2v) is 2.97. The molecule has 8 heteroatoms. The normalized spacial score (nSPS) is 10.6. The topological polar surface area (TPSA) is 98.8 Å². The molecule has 72 valence electrons. The van der Waals surface area contributed by atoms with Crippen molar-refractivity contribution >= 4 is 28.3 Å². The van der Waals surface area contributed by atoms with Crippen molar-refractivity contribution < 1.29 is 9.77 Å². The molecule has 0 fully saturated rings. The molecular formula is C6H3ClN4O3. The van der Waals surface area contributed by atoms with E-state index in [2.05, 4.69) is 10.3 Å². The minimum Gasteiger partial charge on any atom is -0.691 e. The average molecular weight is 215 g/mol. The summed E-state index contributed by atoms with van der Waals surface area (Å²) in [5.74, 6) is 0. The minimum absolute atomic E-state index is 0.0354. The number of benzene rings is 1. The van der Waals surface area contributed by atoms with Crippen molar-refractivity contribution in [1.82, 2.24) is 10.3 Å². The summed E-state index contributed by atoms with van der Waals surface area (Å²) in [7, 11) is 0. The predicted molar refractivity (Wildman–Crippen MR) is 46.7 cm³/mol. The zero-order valence-electron chi connectivity index (χ0n) is 6.60. The fraction of sp³-hybridized carbons (Fsp3) is 0. The molecule has 0 bridgehead atoms. The maximum absolute atomic E-state index is 11.0. The number of nitro groups is 1. The molecule has 0 aliphatic carbocycles. The summed E-state index contributed by atoms with van der Waals surface area (Å²) in [5.41, 5.74) is 0.127. The summed E-state index contributed by atoms with van der Waals surface area (Å²) < 4.78 is 0. The molecule has 14 heavy (non-hydrogen) atoms. The molecule has 1 N–H and O–H groups in total. The van der Waals surface area contributed by atoms with Gasteiger partial charge in [-0.2, -0.15) is 0 Å². The van der Waals surface area contributed by atoms with Crippen molar-refractivity contribution in [2.24, 2.45) is 0 Å². The van der Waals surface area contributed by atoms with Crippen molar-refractivity contribution in [1.29, 1.82) is 0 Å². The van der Waals surface area contributed by atoms with E-state index < -0.39 is 4.92 Å². The first-order valence-electron chi connectivity index (χ1n) is 3.51. The second kappa shape index (κ2) is 2.81. The van der Waals surface area contributed by atoms with Crippen molar-refractivity contribution in [3.63, 3.8) is 0 Å². The summed E-state index contributed by atoms with van der Waals surface area (Å²) in [5, 5.41) is 27.1. The van der Waals surface area contributed by atoms with Crippen LogP contribution in [0.3, 0.4) is 0 Å². The van der Waals surface area contributed by atoms with E-state index in [0.29, 0.717) is 5.52 Å². The number of nitrogens with zero attached hydrogens (tertiary/aromatic N) is 3. The maximum Gasteiger partial charge on any atom is 0.292 e. The zero-order valence-corrected chi connectivity index (χ0v) is 7.35. The van der Waals surface area contributed by atoms with E-state index >= 15 is 0 Å². The van der Waals surface area contributed by atoms with E-state index in [4.69, 9.17) is 11.6 Å². The molecule has 1 aromatic heterocycles. The highest BCUT2D eigenvalue weighted by molar-refractivity contribution is 6.33. The molecule has 7 nitrogen and oxygen atoms in total. The van der Waals surface area contributed by atoms with Gasteiger partial charge in [0.25, 0.3) is 5.69 Å². The Morgan fingerprint density at radius 1 is 1.57 bits per heavy atom. The van der Waals surface area contributed by atoms with Crippen LogP contribution in [0.1, 0.15) is 0 Å². The highest BCUT2D eigenvalue weighted by atomic mass is 35.5. The average Bonchev–Trinajstić information content (AvgIpc) is 2.46. The fourth-order valence-corrected chi connectivity index (χ4v) is 1.32. The summed E-state index contributed by atoms with van der Waals surface area (Å²) in [6.45, 7) is 0. The van der Waals surface area contributed by atoms with Gasteiger partial charge in [-0.05, 0) is 0 Å². The molecule has 0 atom stereocenters. The quantitative estimate of drug-likeness (QED) is 0.328. The largest absolute Gasteiger partial charge is 0.691 e. The number of halogens is 1. The van der Waals surface area contributed by atoms with Gasteiger partial charge in [-0.25, -0.2) is 0 Å². The van der Waals surface area contributed by atoms with E-state index in [1.165, 1.54) is 6.07 Å². The summed E-state index contributed by atoms with van der Waals surface area (Å²) >= 11 is 5.61. The molecule has 0 saturated heterocycles.